The molecule has 1 aliphatic rings. The van der Waals surface area contributed by atoms with E-state index in [4.69, 9.17) is 11.6 Å². The second-order valence-corrected chi connectivity index (χ2v) is 4.73. The molecule has 2 nitrogen and oxygen atoms in total. The Hall–Kier alpha value is -0.730. The van der Waals surface area contributed by atoms with Crippen molar-refractivity contribution in [1.82, 2.24) is 5.32 Å². The zero-order valence-electron chi connectivity index (χ0n) is 9.26. The van der Waals surface area contributed by atoms with Gasteiger partial charge in [0.2, 0.25) is 0 Å². The topological polar surface area (TPSA) is 15.3 Å². The molecule has 1 aromatic carbocycles. The molecule has 0 atom stereocenters. The fraction of sp³-hybridized carbons (Fsp3) is 0.500. The van der Waals surface area contributed by atoms with Gasteiger partial charge in [-0.25, -0.2) is 0 Å². The van der Waals surface area contributed by atoms with Gasteiger partial charge in [0.05, 0.1) is 0 Å². The number of rotatable bonds is 4. The summed E-state index contributed by atoms with van der Waals surface area (Å²) >= 11 is 6.21. The normalized spacial score (nSPS) is 15.4. The minimum absolute atomic E-state index is 0.731. The van der Waals surface area contributed by atoms with Gasteiger partial charge in [0.15, 0.2) is 0 Å². The first-order valence-electron chi connectivity index (χ1n) is 5.36. The fourth-order valence-corrected chi connectivity index (χ4v) is 1.74. The predicted octanol–water partition coefficient (Wildman–Crippen LogP) is 2.66. The Kier molecular flexibility index (Phi) is 3.17. The number of nitrogens with one attached hydrogen (secondary N) is 1. The first-order valence-corrected chi connectivity index (χ1v) is 5.74. The van der Waals surface area contributed by atoms with E-state index in [1.807, 2.05) is 20.2 Å². The molecule has 1 aromatic rings. The highest BCUT2D eigenvalue weighted by Gasteiger charge is 2.20. The van der Waals surface area contributed by atoms with Crippen LogP contribution < -0.4 is 10.2 Å². The summed E-state index contributed by atoms with van der Waals surface area (Å²) in [5.41, 5.74) is 2.34. The quantitative estimate of drug-likeness (QED) is 0.846. The molecule has 1 fully saturated rings. The van der Waals surface area contributed by atoms with Crippen LogP contribution in [0.15, 0.2) is 18.2 Å². The maximum atomic E-state index is 6.21. The molecule has 82 valence electrons. The predicted molar refractivity (Wildman–Crippen MR) is 65.6 cm³/mol. The molecule has 15 heavy (non-hydrogen) atoms. The van der Waals surface area contributed by atoms with Crippen LogP contribution in [0.25, 0.3) is 0 Å². The fourth-order valence-electron chi connectivity index (χ4n) is 1.50. The van der Waals surface area contributed by atoms with Gasteiger partial charge in [-0.3, -0.25) is 0 Å². The summed E-state index contributed by atoms with van der Waals surface area (Å²) in [5.74, 6) is 0. The van der Waals surface area contributed by atoms with Gasteiger partial charge in [-0.1, -0.05) is 17.7 Å². The number of hydrogen-bond donors (Lipinski definition) is 1. The van der Waals surface area contributed by atoms with E-state index in [1.54, 1.807) is 0 Å². The second-order valence-electron chi connectivity index (χ2n) is 4.33. The summed E-state index contributed by atoms with van der Waals surface area (Å²) in [5, 5.41) is 4.32. The summed E-state index contributed by atoms with van der Waals surface area (Å²) in [4.78, 5) is 2.06. The lowest BCUT2D eigenvalue weighted by Crippen LogP contribution is -2.16. The second kappa shape index (κ2) is 4.42. The summed E-state index contributed by atoms with van der Waals surface area (Å²) in [6.07, 6.45) is 2.63. The van der Waals surface area contributed by atoms with E-state index in [9.17, 15) is 0 Å². The van der Waals surface area contributed by atoms with Gasteiger partial charge in [-0.05, 0) is 30.5 Å². The Balaban J connectivity index is 2.04. The van der Waals surface area contributed by atoms with Crippen LogP contribution in [0, 0.1) is 0 Å². The molecule has 0 heterocycles. The molecular weight excluding hydrogens is 208 g/mol. The Labute approximate surface area is 96.2 Å². The number of anilines is 1. The highest BCUT2D eigenvalue weighted by Crippen LogP contribution is 2.24. The maximum Gasteiger partial charge on any atom is 0.0471 e. The van der Waals surface area contributed by atoms with Crippen molar-refractivity contribution in [3.63, 3.8) is 0 Å². The first-order chi connectivity index (χ1) is 7.16. The summed E-state index contributed by atoms with van der Waals surface area (Å²) < 4.78 is 0. The minimum Gasteiger partial charge on any atom is -0.378 e. The molecule has 0 bridgehead atoms. The van der Waals surface area contributed by atoms with Crippen LogP contribution in [0.3, 0.4) is 0 Å². The van der Waals surface area contributed by atoms with Crippen molar-refractivity contribution >= 4 is 17.3 Å². The van der Waals surface area contributed by atoms with Crippen LogP contribution in [-0.2, 0) is 6.54 Å². The lowest BCUT2D eigenvalue weighted by molar-refractivity contribution is 0.688. The minimum atomic E-state index is 0.731. The van der Waals surface area contributed by atoms with E-state index in [2.05, 4.69) is 22.3 Å². The summed E-state index contributed by atoms with van der Waals surface area (Å²) in [7, 11) is 4.04. The van der Waals surface area contributed by atoms with Gasteiger partial charge in [0.1, 0.15) is 0 Å². The molecule has 0 saturated heterocycles. The highest BCUT2D eigenvalue weighted by atomic mass is 35.5. The lowest BCUT2D eigenvalue weighted by Gasteiger charge is -2.14. The molecule has 2 rings (SSSR count). The van der Waals surface area contributed by atoms with Gasteiger partial charge < -0.3 is 10.2 Å². The van der Waals surface area contributed by atoms with Crippen molar-refractivity contribution in [1.29, 1.82) is 0 Å². The molecule has 0 aliphatic heterocycles. The van der Waals surface area contributed by atoms with E-state index in [-0.39, 0.29) is 0 Å². The number of nitrogens with zero attached hydrogens (tertiary/aromatic N) is 1. The Morgan fingerprint density at radius 3 is 2.67 bits per heavy atom. The number of benzene rings is 1. The van der Waals surface area contributed by atoms with E-state index in [0.717, 1.165) is 23.3 Å². The lowest BCUT2D eigenvalue weighted by atomic mass is 10.2. The van der Waals surface area contributed by atoms with Crippen LogP contribution in [0.5, 0.6) is 0 Å². The molecular formula is C12H17ClN2. The third kappa shape index (κ3) is 2.86. The monoisotopic (exact) mass is 224 g/mol. The zero-order valence-corrected chi connectivity index (χ0v) is 10.0. The number of hydrogen-bond acceptors (Lipinski definition) is 2. The zero-order chi connectivity index (χ0) is 10.8. The Morgan fingerprint density at radius 1 is 1.40 bits per heavy atom. The van der Waals surface area contributed by atoms with Gasteiger partial charge in [0, 0.05) is 37.4 Å². The van der Waals surface area contributed by atoms with Crippen LogP contribution >= 0.6 is 11.6 Å². The SMILES string of the molecule is CN(C)c1ccc(CNC2CC2)c(Cl)c1. The van der Waals surface area contributed by atoms with E-state index in [1.165, 1.54) is 18.4 Å². The molecule has 0 unspecified atom stereocenters. The molecule has 0 aromatic heterocycles. The Morgan fingerprint density at radius 2 is 2.13 bits per heavy atom. The van der Waals surface area contributed by atoms with Gasteiger partial charge in [-0.2, -0.15) is 0 Å². The average molecular weight is 225 g/mol. The van der Waals surface area contributed by atoms with E-state index in [0.29, 0.717) is 0 Å². The van der Waals surface area contributed by atoms with Crippen molar-refractivity contribution in [2.24, 2.45) is 0 Å². The van der Waals surface area contributed by atoms with Crippen molar-refractivity contribution in [2.45, 2.75) is 25.4 Å². The summed E-state index contributed by atoms with van der Waals surface area (Å²) in [6, 6.07) is 6.96. The smallest absolute Gasteiger partial charge is 0.0471 e. The van der Waals surface area contributed by atoms with Crippen LogP contribution in [0.2, 0.25) is 5.02 Å². The van der Waals surface area contributed by atoms with Crippen LogP contribution in [-0.4, -0.2) is 20.1 Å². The molecule has 1 N–H and O–H groups in total. The van der Waals surface area contributed by atoms with Gasteiger partial charge in [0.25, 0.3) is 0 Å². The maximum absolute atomic E-state index is 6.21. The highest BCUT2D eigenvalue weighted by molar-refractivity contribution is 6.31. The van der Waals surface area contributed by atoms with Crippen LogP contribution in [0.1, 0.15) is 18.4 Å². The average Bonchev–Trinajstić information content (AvgIpc) is 2.99. The number of halogens is 1. The third-order valence-corrected chi connectivity index (χ3v) is 3.06. The van der Waals surface area contributed by atoms with E-state index < -0.39 is 0 Å². The van der Waals surface area contributed by atoms with Crippen LogP contribution in [0.4, 0.5) is 5.69 Å². The van der Waals surface area contributed by atoms with Crippen molar-refractivity contribution < 1.29 is 0 Å². The first kappa shape index (κ1) is 10.8. The Bertz CT molecular complexity index is 345. The molecule has 3 heteroatoms. The standard InChI is InChI=1S/C12H17ClN2/c1-15(2)11-6-3-9(12(13)7-11)8-14-10-4-5-10/h3,6-7,10,14H,4-5,8H2,1-2H3. The molecule has 0 spiro atoms. The van der Waals surface area contributed by atoms with E-state index >= 15 is 0 Å². The molecule has 0 radical (unpaired) electrons. The van der Waals surface area contributed by atoms with Crippen molar-refractivity contribution in [3.05, 3.63) is 28.8 Å². The third-order valence-electron chi connectivity index (χ3n) is 2.71. The van der Waals surface area contributed by atoms with Crippen molar-refractivity contribution in [2.75, 3.05) is 19.0 Å². The van der Waals surface area contributed by atoms with Crippen molar-refractivity contribution in [3.8, 4) is 0 Å². The summed E-state index contributed by atoms with van der Waals surface area (Å²) in [6.45, 7) is 0.886. The van der Waals surface area contributed by atoms with Gasteiger partial charge in [-0.15, -0.1) is 0 Å². The molecule has 1 saturated carbocycles. The molecule has 0 amide bonds. The van der Waals surface area contributed by atoms with Gasteiger partial charge >= 0.3 is 0 Å². The molecule has 1 aliphatic carbocycles. The largest absolute Gasteiger partial charge is 0.378 e.